The molecule has 2 bridgehead atoms. The molecule has 4 nitrogen and oxygen atoms in total. The van der Waals surface area contributed by atoms with Crippen molar-refractivity contribution in [2.75, 3.05) is 13.1 Å². The zero-order valence-electron chi connectivity index (χ0n) is 13.8. The number of likely N-dealkylation sites (tertiary alicyclic amines) is 1. The molecule has 0 spiro atoms. The Balaban J connectivity index is 1.72. The SMILES string of the molecule is CC(C)(C)OC(=O)N1CC2CCC(Cc3ccccc3)(C1)N2. The molecule has 0 saturated carbocycles. The average molecular weight is 302 g/mol. The number of carbonyl (C=O) groups excluding carboxylic acids is 1. The van der Waals surface area contributed by atoms with E-state index in [0.717, 1.165) is 32.4 Å². The van der Waals surface area contributed by atoms with Crippen LogP contribution in [0.3, 0.4) is 0 Å². The molecule has 2 atom stereocenters. The Morgan fingerprint density at radius 1 is 1.36 bits per heavy atom. The Hall–Kier alpha value is -1.55. The van der Waals surface area contributed by atoms with E-state index in [4.69, 9.17) is 4.74 Å². The van der Waals surface area contributed by atoms with Gasteiger partial charge < -0.3 is 15.0 Å². The van der Waals surface area contributed by atoms with Crippen LogP contribution in [-0.4, -0.2) is 41.3 Å². The highest BCUT2D eigenvalue weighted by molar-refractivity contribution is 5.68. The van der Waals surface area contributed by atoms with Gasteiger partial charge in [0, 0.05) is 24.7 Å². The van der Waals surface area contributed by atoms with Crippen molar-refractivity contribution in [1.82, 2.24) is 10.2 Å². The van der Waals surface area contributed by atoms with E-state index in [-0.39, 0.29) is 11.6 Å². The van der Waals surface area contributed by atoms with E-state index in [1.165, 1.54) is 5.56 Å². The van der Waals surface area contributed by atoms with Gasteiger partial charge in [0.15, 0.2) is 0 Å². The fourth-order valence-electron chi connectivity index (χ4n) is 3.63. The standard InChI is InChI=1S/C18H26N2O2/c1-17(2,3)22-16(21)20-12-15-9-10-18(13-20,19-15)11-14-7-5-4-6-8-14/h4-8,15,19H,9-13H2,1-3H3. The van der Waals surface area contributed by atoms with Crippen LogP contribution in [0.1, 0.15) is 39.2 Å². The molecule has 2 fully saturated rings. The third kappa shape index (κ3) is 3.43. The monoisotopic (exact) mass is 302 g/mol. The number of nitrogens with one attached hydrogen (secondary N) is 1. The maximum atomic E-state index is 12.4. The zero-order chi connectivity index (χ0) is 15.8. The molecule has 0 aliphatic carbocycles. The Morgan fingerprint density at radius 3 is 2.77 bits per heavy atom. The van der Waals surface area contributed by atoms with Gasteiger partial charge in [-0.25, -0.2) is 4.79 Å². The second-order valence-electron chi connectivity index (χ2n) is 7.68. The number of nitrogens with zero attached hydrogens (tertiary/aromatic N) is 1. The smallest absolute Gasteiger partial charge is 0.410 e. The Labute approximate surface area is 132 Å². The first kappa shape index (κ1) is 15.3. The molecule has 0 aromatic heterocycles. The van der Waals surface area contributed by atoms with E-state index in [9.17, 15) is 4.79 Å². The van der Waals surface area contributed by atoms with Crippen LogP contribution in [0.25, 0.3) is 0 Å². The first-order chi connectivity index (χ1) is 10.4. The summed E-state index contributed by atoms with van der Waals surface area (Å²) in [5, 5.41) is 3.75. The maximum absolute atomic E-state index is 12.4. The third-order valence-electron chi connectivity index (χ3n) is 4.45. The molecule has 1 N–H and O–H groups in total. The number of amides is 1. The average Bonchev–Trinajstić information content (AvgIpc) is 2.72. The predicted octanol–water partition coefficient (Wildman–Crippen LogP) is 2.97. The molecule has 1 aromatic carbocycles. The van der Waals surface area contributed by atoms with E-state index in [1.54, 1.807) is 0 Å². The van der Waals surface area contributed by atoms with Crippen molar-refractivity contribution < 1.29 is 9.53 Å². The number of ether oxygens (including phenoxy) is 1. The summed E-state index contributed by atoms with van der Waals surface area (Å²) in [5.41, 5.74) is 0.885. The lowest BCUT2D eigenvalue weighted by molar-refractivity contribution is 0.0126. The van der Waals surface area contributed by atoms with Crippen LogP contribution >= 0.6 is 0 Å². The van der Waals surface area contributed by atoms with Gasteiger partial charge in [-0.1, -0.05) is 30.3 Å². The van der Waals surface area contributed by atoms with Gasteiger partial charge in [0.1, 0.15) is 5.60 Å². The van der Waals surface area contributed by atoms with Crippen molar-refractivity contribution >= 4 is 6.09 Å². The van der Waals surface area contributed by atoms with Crippen LogP contribution in [0.5, 0.6) is 0 Å². The Morgan fingerprint density at radius 2 is 2.09 bits per heavy atom. The highest BCUT2D eigenvalue weighted by atomic mass is 16.6. The lowest BCUT2D eigenvalue weighted by atomic mass is 9.88. The fraction of sp³-hybridized carbons (Fsp3) is 0.611. The molecule has 1 aromatic rings. The number of benzene rings is 1. The number of piperazine rings is 1. The quantitative estimate of drug-likeness (QED) is 0.913. The van der Waals surface area contributed by atoms with Crippen molar-refractivity contribution in [2.45, 2.75) is 57.2 Å². The summed E-state index contributed by atoms with van der Waals surface area (Å²) >= 11 is 0. The first-order valence-corrected chi connectivity index (χ1v) is 8.15. The van der Waals surface area contributed by atoms with Crippen LogP contribution in [0.4, 0.5) is 4.79 Å². The largest absolute Gasteiger partial charge is 0.444 e. The fourth-order valence-corrected chi connectivity index (χ4v) is 3.63. The van der Waals surface area contributed by atoms with Crippen molar-refractivity contribution in [1.29, 1.82) is 0 Å². The van der Waals surface area contributed by atoms with E-state index in [2.05, 4.69) is 29.6 Å². The maximum Gasteiger partial charge on any atom is 0.410 e. The van der Waals surface area contributed by atoms with Gasteiger partial charge >= 0.3 is 6.09 Å². The summed E-state index contributed by atoms with van der Waals surface area (Å²) in [4.78, 5) is 14.3. The number of carbonyl (C=O) groups is 1. The molecule has 2 aliphatic rings. The van der Waals surface area contributed by atoms with Crippen molar-refractivity contribution in [2.24, 2.45) is 0 Å². The van der Waals surface area contributed by atoms with Crippen LogP contribution in [0, 0.1) is 0 Å². The van der Waals surface area contributed by atoms with Crippen LogP contribution in [-0.2, 0) is 11.2 Å². The first-order valence-electron chi connectivity index (χ1n) is 8.15. The number of hydrogen-bond acceptors (Lipinski definition) is 3. The summed E-state index contributed by atoms with van der Waals surface area (Å²) in [5.74, 6) is 0. The van der Waals surface area contributed by atoms with Crippen LogP contribution in [0.2, 0.25) is 0 Å². The minimum Gasteiger partial charge on any atom is -0.444 e. The lowest BCUT2D eigenvalue weighted by Gasteiger charge is -2.41. The molecular weight excluding hydrogens is 276 g/mol. The molecule has 4 heteroatoms. The summed E-state index contributed by atoms with van der Waals surface area (Å²) in [6, 6.07) is 10.9. The van der Waals surface area contributed by atoms with Crippen molar-refractivity contribution in [3.8, 4) is 0 Å². The number of hydrogen-bond donors (Lipinski definition) is 1. The third-order valence-corrected chi connectivity index (χ3v) is 4.45. The van der Waals surface area contributed by atoms with Gasteiger partial charge in [0.2, 0.25) is 0 Å². The number of rotatable bonds is 2. The molecule has 2 unspecified atom stereocenters. The van der Waals surface area contributed by atoms with Gasteiger partial charge in [0.25, 0.3) is 0 Å². The summed E-state index contributed by atoms with van der Waals surface area (Å²) in [6.07, 6.45) is 3.03. The summed E-state index contributed by atoms with van der Waals surface area (Å²) in [6.45, 7) is 7.24. The minimum absolute atomic E-state index is 0.00116. The molecule has 0 radical (unpaired) electrons. The normalized spacial score (nSPS) is 27.8. The molecule has 2 aliphatic heterocycles. The van der Waals surface area contributed by atoms with Gasteiger partial charge in [-0.2, -0.15) is 0 Å². The van der Waals surface area contributed by atoms with Crippen molar-refractivity contribution in [3.05, 3.63) is 35.9 Å². The van der Waals surface area contributed by atoms with E-state index < -0.39 is 5.60 Å². The second-order valence-corrected chi connectivity index (χ2v) is 7.68. The van der Waals surface area contributed by atoms with E-state index in [1.807, 2.05) is 31.7 Å². The van der Waals surface area contributed by atoms with Crippen LogP contribution < -0.4 is 5.32 Å². The molecule has 22 heavy (non-hydrogen) atoms. The van der Waals surface area contributed by atoms with Crippen molar-refractivity contribution in [3.63, 3.8) is 0 Å². The number of fused-ring (bicyclic) bond motifs is 2. The highest BCUT2D eigenvalue weighted by Gasteiger charge is 2.46. The van der Waals surface area contributed by atoms with Gasteiger partial charge in [-0.3, -0.25) is 0 Å². The van der Waals surface area contributed by atoms with E-state index >= 15 is 0 Å². The molecular formula is C18H26N2O2. The second kappa shape index (κ2) is 5.58. The molecule has 120 valence electrons. The summed E-state index contributed by atoms with van der Waals surface area (Å²) < 4.78 is 5.56. The zero-order valence-corrected chi connectivity index (χ0v) is 13.8. The minimum atomic E-state index is -0.437. The van der Waals surface area contributed by atoms with Crippen LogP contribution in [0.15, 0.2) is 30.3 Å². The summed E-state index contributed by atoms with van der Waals surface area (Å²) in [7, 11) is 0. The predicted molar refractivity (Wildman–Crippen MR) is 86.8 cm³/mol. The Kier molecular flexibility index (Phi) is 3.89. The molecule has 1 amide bonds. The molecule has 3 rings (SSSR count). The molecule has 2 heterocycles. The topological polar surface area (TPSA) is 41.6 Å². The Bertz CT molecular complexity index is 538. The lowest BCUT2D eigenvalue weighted by Crippen LogP contribution is -2.62. The van der Waals surface area contributed by atoms with E-state index in [0.29, 0.717) is 6.04 Å². The highest BCUT2D eigenvalue weighted by Crippen LogP contribution is 2.33. The molecule has 2 saturated heterocycles. The van der Waals surface area contributed by atoms with Gasteiger partial charge in [-0.15, -0.1) is 0 Å². The van der Waals surface area contributed by atoms with Gasteiger partial charge in [0.05, 0.1) is 0 Å². The van der Waals surface area contributed by atoms with Gasteiger partial charge in [-0.05, 0) is 45.6 Å².